The van der Waals surface area contributed by atoms with Crippen LogP contribution < -0.4 is 0 Å². The van der Waals surface area contributed by atoms with E-state index in [0.29, 0.717) is 0 Å². The largest absolute Gasteiger partial charge is 0.161 e. The zero-order chi connectivity index (χ0) is 11.4. The average Bonchev–Trinajstić information content (AvgIpc) is 2.31. The van der Waals surface area contributed by atoms with E-state index in [1.807, 2.05) is 23.5 Å². The second-order valence-electron chi connectivity index (χ2n) is 3.80. The van der Waals surface area contributed by atoms with Gasteiger partial charge in [-0.2, -0.15) is 23.5 Å². The highest BCUT2D eigenvalue weighted by molar-refractivity contribution is 7.98. The summed E-state index contributed by atoms with van der Waals surface area (Å²) in [5, 5.41) is 2.84. The molecule has 0 saturated carbocycles. The lowest BCUT2D eigenvalue weighted by Gasteiger charge is -2.09. The fourth-order valence-electron chi connectivity index (χ4n) is 2.00. The van der Waals surface area contributed by atoms with Crippen LogP contribution in [0.1, 0.15) is 11.1 Å². The molecule has 0 aliphatic rings. The van der Waals surface area contributed by atoms with E-state index in [-0.39, 0.29) is 0 Å². The van der Waals surface area contributed by atoms with Crippen LogP contribution in [0.15, 0.2) is 36.4 Å². The Balaban J connectivity index is 2.57. The van der Waals surface area contributed by atoms with E-state index in [1.54, 1.807) is 0 Å². The summed E-state index contributed by atoms with van der Waals surface area (Å²) >= 11 is 3.77. The second-order valence-corrected chi connectivity index (χ2v) is 5.53. The Morgan fingerprint density at radius 3 is 1.56 bits per heavy atom. The molecule has 0 N–H and O–H groups in total. The van der Waals surface area contributed by atoms with Gasteiger partial charge in [0.25, 0.3) is 0 Å². The number of rotatable bonds is 4. The average molecular weight is 248 g/mol. The topological polar surface area (TPSA) is 0 Å². The van der Waals surface area contributed by atoms with Crippen molar-refractivity contribution in [1.82, 2.24) is 0 Å². The number of thioether (sulfide) groups is 2. The highest BCUT2D eigenvalue weighted by Gasteiger charge is 2.03. The number of hydrogen-bond acceptors (Lipinski definition) is 2. The molecule has 0 spiro atoms. The van der Waals surface area contributed by atoms with Gasteiger partial charge in [-0.3, -0.25) is 0 Å². The van der Waals surface area contributed by atoms with Crippen molar-refractivity contribution in [1.29, 1.82) is 0 Å². The van der Waals surface area contributed by atoms with Crippen molar-refractivity contribution in [3.8, 4) is 0 Å². The van der Waals surface area contributed by atoms with Gasteiger partial charge in [0.1, 0.15) is 0 Å². The summed E-state index contributed by atoms with van der Waals surface area (Å²) in [6.45, 7) is 0. The van der Waals surface area contributed by atoms with Crippen molar-refractivity contribution in [2.45, 2.75) is 11.5 Å². The Bertz CT molecular complexity index is 432. The quantitative estimate of drug-likeness (QED) is 0.777. The van der Waals surface area contributed by atoms with Gasteiger partial charge in [-0.05, 0) is 34.4 Å². The summed E-state index contributed by atoms with van der Waals surface area (Å²) < 4.78 is 0. The Morgan fingerprint density at radius 2 is 1.19 bits per heavy atom. The Labute approximate surface area is 106 Å². The Hall–Kier alpha value is -0.600. The molecule has 0 fully saturated rings. The summed E-state index contributed by atoms with van der Waals surface area (Å²) in [5.41, 5.74) is 2.90. The van der Waals surface area contributed by atoms with Crippen LogP contribution in [0, 0.1) is 0 Å². The highest BCUT2D eigenvalue weighted by atomic mass is 32.2. The molecule has 0 aliphatic carbocycles. The second kappa shape index (κ2) is 5.65. The van der Waals surface area contributed by atoms with Crippen LogP contribution in [-0.4, -0.2) is 12.5 Å². The molecule has 0 aromatic heterocycles. The maximum atomic E-state index is 2.24. The molecule has 0 aliphatic heterocycles. The first-order valence-electron chi connectivity index (χ1n) is 5.34. The molecule has 2 aromatic rings. The lowest BCUT2D eigenvalue weighted by molar-refractivity contribution is 1.43. The van der Waals surface area contributed by atoms with E-state index in [0.717, 1.165) is 11.5 Å². The van der Waals surface area contributed by atoms with Crippen LogP contribution in [0.5, 0.6) is 0 Å². The first kappa shape index (κ1) is 11.9. The molecule has 2 rings (SSSR count). The summed E-state index contributed by atoms with van der Waals surface area (Å²) in [5.74, 6) is 2.19. The number of fused-ring (bicyclic) bond motifs is 1. The fourth-order valence-corrected chi connectivity index (χ4v) is 3.13. The molecule has 0 heterocycles. The molecule has 0 nitrogen and oxygen atoms in total. The molecule has 84 valence electrons. The van der Waals surface area contributed by atoms with Gasteiger partial charge in [0.05, 0.1) is 0 Å². The van der Waals surface area contributed by atoms with Crippen LogP contribution in [-0.2, 0) is 11.5 Å². The standard InChI is InChI=1S/C14H16S2/c1-15-9-11-5-3-8-14-12(10-16-2)6-4-7-13(11)14/h3-8H,9-10H2,1-2H3. The highest BCUT2D eigenvalue weighted by Crippen LogP contribution is 2.26. The fraction of sp³-hybridized carbons (Fsp3) is 0.286. The molecule has 2 heteroatoms. The maximum absolute atomic E-state index is 2.24. The lowest BCUT2D eigenvalue weighted by atomic mass is 10.0. The van der Waals surface area contributed by atoms with E-state index in [4.69, 9.17) is 0 Å². The van der Waals surface area contributed by atoms with Crippen molar-refractivity contribution in [2.75, 3.05) is 12.5 Å². The van der Waals surface area contributed by atoms with Gasteiger partial charge in [0.15, 0.2) is 0 Å². The molecular formula is C14H16S2. The van der Waals surface area contributed by atoms with Gasteiger partial charge in [-0.25, -0.2) is 0 Å². The molecule has 0 amide bonds. The summed E-state index contributed by atoms with van der Waals surface area (Å²) in [6.07, 6.45) is 4.31. The van der Waals surface area contributed by atoms with Crippen LogP contribution >= 0.6 is 23.5 Å². The lowest BCUT2D eigenvalue weighted by Crippen LogP contribution is -1.88. The molecular weight excluding hydrogens is 232 g/mol. The van der Waals surface area contributed by atoms with Gasteiger partial charge < -0.3 is 0 Å². The van der Waals surface area contributed by atoms with E-state index in [1.165, 1.54) is 21.9 Å². The van der Waals surface area contributed by atoms with Crippen molar-refractivity contribution in [3.63, 3.8) is 0 Å². The van der Waals surface area contributed by atoms with Crippen LogP contribution in [0.2, 0.25) is 0 Å². The van der Waals surface area contributed by atoms with Crippen molar-refractivity contribution in [2.24, 2.45) is 0 Å². The third kappa shape index (κ3) is 2.38. The normalized spacial score (nSPS) is 10.9. The number of hydrogen-bond donors (Lipinski definition) is 0. The van der Waals surface area contributed by atoms with Crippen molar-refractivity contribution < 1.29 is 0 Å². The van der Waals surface area contributed by atoms with Crippen LogP contribution in [0.3, 0.4) is 0 Å². The summed E-state index contributed by atoms with van der Waals surface area (Å²) in [4.78, 5) is 0. The van der Waals surface area contributed by atoms with Gasteiger partial charge in [-0.15, -0.1) is 0 Å². The predicted octanol–water partition coefficient (Wildman–Crippen LogP) is 4.57. The minimum Gasteiger partial charge on any atom is -0.161 e. The van der Waals surface area contributed by atoms with E-state index in [9.17, 15) is 0 Å². The molecule has 0 saturated heterocycles. The van der Waals surface area contributed by atoms with E-state index >= 15 is 0 Å². The molecule has 16 heavy (non-hydrogen) atoms. The SMILES string of the molecule is CSCc1cccc2c(CSC)cccc12. The molecule has 0 radical (unpaired) electrons. The smallest absolute Gasteiger partial charge is 0.0187 e. The third-order valence-corrected chi connectivity index (χ3v) is 3.90. The monoisotopic (exact) mass is 248 g/mol. The summed E-state index contributed by atoms with van der Waals surface area (Å²) in [6, 6.07) is 13.3. The first-order valence-corrected chi connectivity index (χ1v) is 8.13. The minimum absolute atomic E-state index is 1.10. The third-order valence-electron chi connectivity index (χ3n) is 2.70. The van der Waals surface area contributed by atoms with E-state index in [2.05, 4.69) is 48.9 Å². The van der Waals surface area contributed by atoms with E-state index < -0.39 is 0 Å². The molecule has 2 aromatic carbocycles. The van der Waals surface area contributed by atoms with Gasteiger partial charge in [-0.1, -0.05) is 36.4 Å². The zero-order valence-electron chi connectivity index (χ0n) is 9.69. The molecule has 0 unspecified atom stereocenters. The minimum atomic E-state index is 1.10. The Morgan fingerprint density at radius 1 is 0.750 bits per heavy atom. The molecule has 0 atom stereocenters. The van der Waals surface area contributed by atoms with Gasteiger partial charge in [0, 0.05) is 11.5 Å². The van der Waals surface area contributed by atoms with Crippen LogP contribution in [0.4, 0.5) is 0 Å². The van der Waals surface area contributed by atoms with Crippen LogP contribution in [0.25, 0.3) is 10.8 Å². The van der Waals surface area contributed by atoms with Crippen molar-refractivity contribution in [3.05, 3.63) is 47.5 Å². The van der Waals surface area contributed by atoms with Crippen molar-refractivity contribution >= 4 is 34.3 Å². The van der Waals surface area contributed by atoms with Gasteiger partial charge in [0.2, 0.25) is 0 Å². The summed E-state index contributed by atoms with van der Waals surface area (Å²) in [7, 11) is 0. The predicted molar refractivity (Wildman–Crippen MR) is 78.4 cm³/mol. The first-order chi connectivity index (χ1) is 7.86. The Kier molecular flexibility index (Phi) is 4.19. The number of benzene rings is 2. The molecule has 0 bridgehead atoms. The zero-order valence-corrected chi connectivity index (χ0v) is 11.3. The van der Waals surface area contributed by atoms with Gasteiger partial charge >= 0.3 is 0 Å². The maximum Gasteiger partial charge on any atom is 0.0187 e.